The Labute approximate surface area is 112 Å². The van der Waals surface area contributed by atoms with Crippen LogP contribution in [0.2, 0.25) is 0 Å². The summed E-state index contributed by atoms with van der Waals surface area (Å²) in [5.41, 5.74) is 1.10. The van der Waals surface area contributed by atoms with Crippen LogP contribution in [0.4, 0.5) is 0 Å². The van der Waals surface area contributed by atoms with E-state index in [9.17, 15) is 9.59 Å². The molecule has 0 unspecified atom stereocenters. The maximum absolute atomic E-state index is 11.3. The molecule has 0 aromatic heterocycles. The summed E-state index contributed by atoms with van der Waals surface area (Å²) in [6, 6.07) is 9.72. The Balaban J connectivity index is 2.07. The van der Waals surface area contributed by atoms with E-state index in [4.69, 9.17) is 9.47 Å². The number of hydrogen-bond acceptors (Lipinski definition) is 5. The molecule has 0 amide bonds. The molecule has 5 nitrogen and oxygen atoms in total. The highest BCUT2D eigenvalue weighted by Crippen LogP contribution is 1.99. The van der Waals surface area contributed by atoms with Gasteiger partial charge in [0.15, 0.2) is 0 Å². The lowest BCUT2D eigenvalue weighted by molar-refractivity contribution is -0.155. The molecule has 0 aliphatic heterocycles. The van der Waals surface area contributed by atoms with Crippen LogP contribution in [0.1, 0.15) is 12.5 Å². The highest BCUT2D eigenvalue weighted by Gasteiger charge is 2.06. The smallest absolute Gasteiger partial charge is 0.332 e. The van der Waals surface area contributed by atoms with Crippen molar-refractivity contribution in [2.45, 2.75) is 13.3 Å². The van der Waals surface area contributed by atoms with Gasteiger partial charge in [-0.25, -0.2) is 9.59 Å². The second-order valence-electron chi connectivity index (χ2n) is 3.75. The summed E-state index contributed by atoms with van der Waals surface area (Å²) >= 11 is 0. The van der Waals surface area contributed by atoms with E-state index in [-0.39, 0.29) is 13.2 Å². The molecule has 0 aliphatic rings. The van der Waals surface area contributed by atoms with Crippen molar-refractivity contribution in [1.29, 1.82) is 0 Å². The Hall–Kier alpha value is -1.88. The standard InChI is InChI=1S/C14H18O5/c1-2-18-13(15)10-17-11-14(16)19-9-8-12-6-4-3-5-7-12/h3-7H,2,8-11H2,1H3. The van der Waals surface area contributed by atoms with Gasteiger partial charge in [0.25, 0.3) is 0 Å². The van der Waals surface area contributed by atoms with Gasteiger partial charge in [0.05, 0.1) is 13.2 Å². The predicted octanol–water partition coefficient (Wildman–Crippen LogP) is 1.35. The monoisotopic (exact) mass is 266 g/mol. The van der Waals surface area contributed by atoms with Gasteiger partial charge in [-0.05, 0) is 12.5 Å². The fourth-order valence-corrected chi connectivity index (χ4v) is 1.39. The van der Waals surface area contributed by atoms with E-state index >= 15 is 0 Å². The van der Waals surface area contributed by atoms with Gasteiger partial charge in [-0.2, -0.15) is 0 Å². The third-order valence-corrected chi connectivity index (χ3v) is 2.24. The molecule has 19 heavy (non-hydrogen) atoms. The summed E-state index contributed by atoms with van der Waals surface area (Å²) in [5, 5.41) is 0. The van der Waals surface area contributed by atoms with Crippen molar-refractivity contribution in [3.8, 4) is 0 Å². The zero-order valence-corrected chi connectivity index (χ0v) is 11.0. The minimum absolute atomic E-state index is 0.234. The third-order valence-electron chi connectivity index (χ3n) is 2.24. The summed E-state index contributed by atoms with van der Waals surface area (Å²) in [5.74, 6) is -0.972. The molecule has 104 valence electrons. The molecule has 0 N–H and O–H groups in total. The van der Waals surface area contributed by atoms with Crippen LogP contribution in [0.15, 0.2) is 30.3 Å². The van der Waals surface area contributed by atoms with E-state index in [1.165, 1.54) is 0 Å². The fraction of sp³-hybridized carbons (Fsp3) is 0.429. The molecule has 0 aliphatic carbocycles. The predicted molar refractivity (Wildman–Crippen MR) is 68.6 cm³/mol. The van der Waals surface area contributed by atoms with Crippen LogP contribution in [-0.4, -0.2) is 38.4 Å². The lowest BCUT2D eigenvalue weighted by Crippen LogP contribution is -2.19. The molecular formula is C14H18O5. The van der Waals surface area contributed by atoms with E-state index in [0.717, 1.165) is 5.56 Å². The zero-order valence-electron chi connectivity index (χ0n) is 11.0. The number of benzene rings is 1. The van der Waals surface area contributed by atoms with Gasteiger partial charge < -0.3 is 14.2 Å². The van der Waals surface area contributed by atoms with Gasteiger partial charge in [-0.3, -0.25) is 0 Å². The lowest BCUT2D eigenvalue weighted by atomic mass is 10.2. The molecule has 0 saturated carbocycles. The van der Waals surface area contributed by atoms with E-state index in [0.29, 0.717) is 19.6 Å². The normalized spacial score (nSPS) is 9.95. The fourth-order valence-electron chi connectivity index (χ4n) is 1.39. The topological polar surface area (TPSA) is 61.8 Å². The van der Waals surface area contributed by atoms with Crippen molar-refractivity contribution < 1.29 is 23.8 Å². The van der Waals surface area contributed by atoms with Crippen molar-refractivity contribution in [2.24, 2.45) is 0 Å². The molecule has 0 radical (unpaired) electrons. The van der Waals surface area contributed by atoms with Crippen LogP contribution >= 0.6 is 0 Å². The van der Waals surface area contributed by atoms with Gasteiger partial charge in [-0.1, -0.05) is 30.3 Å². The number of carbonyl (C=O) groups excluding carboxylic acids is 2. The maximum atomic E-state index is 11.3. The largest absolute Gasteiger partial charge is 0.464 e. The number of rotatable bonds is 8. The molecular weight excluding hydrogens is 248 g/mol. The van der Waals surface area contributed by atoms with Crippen LogP contribution in [0.3, 0.4) is 0 Å². The zero-order chi connectivity index (χ0) is 13.9. The molecule has 1 rings (SSSR count). The van der Waals surface area contributed by atoms with Crippen molar-refractivity contribution in [3.05, 3.63) is 35.9 Å². The van der Waals surface area contributed by atoms with Gasteiger partial charge in [0.2, 0.25) is 0 Å². The molecule has 0 atom stereocenters. The molecule has 1 aromatic rings. The highest BCUT2D eigenvalue weighted by molar-refractivity contribution is 5.73. The first-order valence-electron chi connectivity index (χ1n) is 6.15. The summed E-state index contributed by atoms with van der Waals surface area (Å²) in [6.45, 7) is 1.82. The Morgan fingerprint density at radius 1 is 1.00 bits per heavy atom. The summed E-state index contributed by atoms with van der Waals surface area (Å²) in [7, 11) is 0. The first-order valence-corrected chi connectivity index (χ1v) is 6.15. The number of carbonyl (C=O) groups is 2. The van der Waals surface area contributed by atoms with Crippen LogP contribution in [0.25, 0.3) is 0 Å². The summed E-state index contributed by atoms with van der Waals surface area (Å²) < 4.78 is 14.5. The molecule has 0 fully saturated rings. The second kappa shape index (κ2) is 9.10. The van der Waals surface area contributed by atoms with E-state index in [2.05, 4.69) is 4.74 Å². The maximum Gasteiger partial charge on any atom is 0.332 e. The van der Waals surface area contributed by atoms with Gasteiger partial charge in [-0.15, -0.1) is 0 Å². The van der Waals surface area contributed by atoms with Crippen LogP contribution in [0, 0.1) is 0 Å². The van der Waals surface area contributed by atoms with Gasteiger partial charge in [0.1, 0.15) is 13.2 Å². The van der Waals surface area contributed by atoms with Crippen molar-refractivity contribution in [3.63, 3.8) is 0 Å². The molecule has 0 saturated heterocycles. The third kappa shape index (κ3) is 7.21. The lowest BCUT2D eigenvalue weighted by Gasteiger charge is -2.06. The second-order valence-corrected chi connectivity index (χ2v) is 3.75. The average molecular weight is 266 g/mol. The molecule has 0 spiro atoms. The Morgan fingerprint density at radius 3 is 2.26 bits per heavy atom. The minimum atomic E-state index is -0.486. The van der Waals surface area contributed by atoms with Gasteiger partial charge >= 0.3 is 11.9 Å². The Bertz CT molecular complexity index is 388. The Kier molecular flexibility index (Phi) is 7.27. The van der Waals surface area contributed by atoms with Crippen LogP contribution in [0.5, 0.6) is 0 Å². The van der Waals surface area contributed by atoms with Gasteiger partial charge in [0, 0.05) is 6.42 Å². The SMILES string of the molecule is CCOC(=O)COCC(=O)OCCc1ccccc1. The first-order chi connectivity index (χ1) is 9.22. The molecule has 1 aromatic carbocycles. The minimum Gasteiger partial charge on any atom is -0.464 e. The average Bonchev–Trinajstić information content (AvgIpc) is 2.40. The van der Waals surface area contributed by atoms with E-state index in [1.54, 1.807) is 6.92 Å². The highest BCUT2D eigenvalue weighted by atomic mass is 16.6. The Morgan fingerprint density at radius 2 is 1.63 bits per heavy atom. The first kappa shape index (κ1) is 15.2. The molecule has 0 bridgehead atoms. The number of ether oxygens (including phenoxy) is 3. The summed E-state index contributed by atoms with van der Waals surface area (Å²) in [6.07, 6.45) is 0.657. The van der Waals surface area contributed by atoms with Crippen molar-refractivity contribution in [1.82, 2.24) is 0 Å². The summed E-state index contributed by atoms with van der Waals surface area (Å²) in [4.78, 5) is 22.2. The molecule has 0 heterocycles. The van der Waals surface area contributed by atoms with E-state index in [1.807, 2.05) is 30.3 Å². The van der Waals surface area contributed by atoms with Crippen LogP contribution < -0.4 is 0 Å². The number of hydrogen-bond donors (Lipinski definition) is 0. The van der Waals surface area contributed by atoms with Crippen molar-refractivity contribution in [2.75, 3.05) is 26.4 Å². The number of esters is 2. The van der Waals surface area contributed by atoms with E-state index < -0.39 is 11.9 Å². The van der Waals surface area contributed by atoms with Crippen molar-refractivity contribution >= 4 is 11.9 Å². The molecule has 5 heteroatoms. The quantitative estimate of drug-likeness (QED) is 0.665. The van der Waals surface area contributed by atoms with Crippen LogP contribution in [-0.2, 0) is 30.2 Å².